The van der Waals surface area contributed by atoms with Gasteiger partial charge in [-0.05, 0) is 105 Å². The molecule has 18 atom stereocenters. The molecule has 3 aromatic rings. The van der Waals surface area contributed by atoms with Gasteiger partial charge in [-0.2, -0.15) is 13.2 Å². The number of hydrazine groups is 1. The topological polar surface area (TPSA) is 259 Å². The quantitative estimate of drug-likeness (QED) is 0.0939. The fraction of sp³-hybridized carbons (Fsp3) is 0.685. The smallest absolute Gasteiger partial charge is 0.426 e. The van der Waals surface area contributed by atoms with Crippen LogP contribution in [0.5, 0.6) is 0 Å². The molecule has 77 heavy (non-hydrogen) atoms. The van der Waals surface area contributed by atoms with Gasteiger partial charge in [0, 0.05) is 55.6 Å². The van der Waals surface area contributed by atoms with Crippen LogP contribution in [0.25, 0.3) is 22.4 Å². The third kappa shape index (κ3) is 13.4. The molecule has 0 radical (unpaired) electrons. The molecule has 0 saturated carbocycles. The van der Waals surface area contributed by atoms with Crippen LogP contribution in [0, 0.1) is 23.7 Å². The maximum absolute atomic E-state index is 14.6. The van der Waals surface area contributed by atoms with Crippen molar-refractivity contribution < 1.29 is 85.6 Å². The minimum Gasteiger partial charge on any atom is -0.459 e. The van der Waals surface area contributed by atoms with Gasteiger partial charge >= 0.3 is 18.2 Å². The Morgan fingerprint density at radius 3 is 2.12 bits per heavy atom. The number of H-pyrrole nitrogens is 1. The van der Waals surface area contributed by atoms with E-state index in [4.69, 9.17) is 37.9 Å². The van der Waals surface area contributed by atoms with Crippen molar-refractivity contribution in [1.82, 2.24) is 25.7 Å². The molecule has 3 fully saturated rings. The summed E-state index contributed by atoms with van der Waals surface area (Å²) in [4.78, 5) is 64.8. The minimum atomic E-state index is -4.50. The summed E-state index contributed by atoms with van der Waals surface area (Å²) < 4.78 is 90.1. The summed E-state index contributed by atoms with van der Waals surface area (Å²) in [7, 11) is 6.54. The van der Waals surface area contributed by atoms with Gasteiger partial charge in [-0.15, -0.1) is 0 Å². The summed E-state index contributed by atoms with van der Waals surface area (Å²) >= 11 is 0. The molecule has 430 valence electrons. The van der Waals surface area contributed by atoms with E-state index >= 15 is 0 Å². The van der Waals surface area contributed by atoms with Gasteiger partial charge in [0.2, 0.25) is 0 Å². The van der Waals surface area contributed by atoms with Gasteiger partial charge in [-0.1, -0.05) is 39.8 Å². The molecule has 23 heteroatoms. The standard InChI is InChI=1S/C54H78F3N5O15/c1-15-38-53(10,69)43(65)28(4)40(63)26(2)24-51(8,70-13)44(76-49-41(64)37(62(11)12)22-27(3)72-49)29(5)42(30(6)48(67)74-38)75-39-25-52(9,71-14)45(31(7)73-39)77-50(68)61-60-47(66)33-18-21-35-36(23-33)59-46(58-35)32-16-19-34(20-17-32)54(55,56)57/h16-21,23,26-31,37-39,41-45,49,64-65,69H,15,22,24-25H2,1-14H3,(H,58,59)(H,60,66)(H,61,68)/t26-,27-,28+,29+,30-,31+,37+,38-,39+,41-,42+,43-,44-,45+,49+,51+,52-,53-/m1/s1. The monoisotopic (exact) mass is 1090 g/mol. The third-order valence-corrected chi connectivity index (χ3v) is 16.0. The highest BCUT2D eigenvalue weighted by atomic mass is 19.4. The molecule has 2 amide bonds. The Kier molecular flexibility index (Phi) is 19.4. The summed E-state index contributed by atoms with van der Waals surface area (Å²) in [6.45, 7) is 16.5. The van der Waals surface area contributed by atoms with Gasteiger partial charge in [-0.25, -0.2) is 15.2 Å². The highest BCUT2D eigenvalue weighted by Gasteiger charge is 2.55. The molecule has 2 aromatic carbocycles. The number of rotatable bonds is 11. The number of amides is 2. The van der Waals surface area contributed by atoms with Crippen LogP contribution in [0.3, 0.4) is 0 Å². The molecule has 0 unspecified atom stereocenters. The largest absolute Gasteiger partial charge is 0.459 e. The van der Waals surface area contributed by atoms with Gasteiger partial charge < -0.3 is 63.1 Å². The number of aromatic nitrogens is 2. The fourth-order valence-electron chi connectivity index (χ4n) is 11.2. The summed E-state index contributed by atoms with van der Waals surface area (Å²) in [5.74, 6) is -5.57. The molecule has 4 heterocycles. The van der Waals surface area contributed by atoms with Crippen molar-refractivity contribution in [3.8, 4) is 11.4 Å². The Labute approximate surface area is 447 Å². The van der Waals surface area contributed by atoms with Crippen LogP contribution in [0.2, 0.25) is 0 Å². The van der Waals surface area contributed by atoms with Gasteiger partial charge in [0.25, 0.3) is 5.91 Å². The number of ether oxygens (including phenoxy) is 8. The van der Waals surface area contributed by atoms with E-state index in [1.807, 2.05) is 25.9 Å². The number of methoxy groups -OCH3 is 2. The first kappa shape index (κ1) is 61.4. The number of aliphatic hydroxyl groups is 3. The number of imidazole rings is 1. The van der Waals surface area contributed by atoms with Gasteiger partial charge in [-0.3, -0.25) is 19.8 Å². The molecular formula is C54H78F3N5O15. The van der Waals surface area contributed by atoms with E-state index in [1.54, 1.807) is 48.5 Å². The number of aromatic amines is 1. The van der Waals surface area contributed by atoms with E-state index in [2.05, 4.69) is 20.8 Å². The number of likely N-dealkylation sites (N-methyl/N-ethyl adjacent to an activating group) is 1. The van der Waals surface area contributed by atoms with E-state index in [-0.39, 0.29) is 48.6 Å². The normalized spacial score (nSPS) is 37.0. The van der Waals surface area contributed by atoms with Crippen LogP contribution in [0.1, 0.15) is 111 Å². The first-order valence-electron chi connectivity index (χ1n) is 26.0. The maximum atomic E-state index is 14.6. The fourth-order valence-corrected chi connectivity index (χ4v) is 11.2. The van der Waals surface area contributed by atoms with Crippen LogP contribution < -0.4 is 10.9 Å². The average molecular weight is 1090 g/mol. The molecule has 6 N–H and O–H groups in total. The van der Waals surface area contributed by atoms with Crippen LogP contribution in [-0.4, -0.2) is 167 Å². The number of alkyl halides is 3. The molecule has 20 nitrogen and oxygen atoms in total. The second kappa shape index (κ2) is 24.3. The number of esters is 1. The zero-order valence-corrected chi connectivity index (χ0v) is 46.3. The second-order valence-electron chi connectivity index (χ2n) is 22.0. The number of nitrogens with one attached hydrogen (secondary N) is 3. The predicted octanol–water partition coefficient (Wildman–Crippen LogP) is 6.08. The maximum Gasteiger partial charge on any atom is 0.426 e. The van der Waals surface area contributed by atoms with E-state index in [0.717, 1.165) is 12.1 Å². The molecule has 3 saturated heterocycles. The Morgan fingerprint density at radius 1 is 0.883 bits per heavy atom. The molecular weight excluding hydrogens is 1020 g/mol. The lowest BCUT2D eigenvalue weighted by molar-refractivity contribution is -0.319. The zero-order chi connectivity index (χ0) is 57.3. The first-order valence-corrected chi connectivity index (χ1v) is 26.0. The Bertz CT molecular complexity index is 2530. The van der Waals surface area contributed by atoms with Gasteiger partial charge in [0.05, 0.1) is 58.6 Å². The lowest BCUT2D eigenvalue weighted by Gasteiger charge is -2.50. The van der Waals surface area contributed by atoms with Crippen molar-refractivity contribution in [2.45, 2.75) is 185 Å². The summed E-state index contributed by atoms with van der Waals surface area (Å²) in [6, 6.07) is 8.53. The molecule has 6 rings (SSSR count). The molecule has 1 aromatic heterocycles. The molecule has 0 bridgehead atoms. The summed E-state index contributed by atoms with van der Waals surface area (Å²) in [5, 5.41) is 35.2. The van der Waals surface area contributed by atoms with Crippen molar-refractivity contribution in [2.75, 3.05) is 28.3 Å². The number of cyclic esters (lactones) is 1. The summed E-state index contributed by atoms with van der Waals surface area (Å²) in [5.41, 5.74) is 0.298. The van der Waals surface area contributed by atoms with Crippen molar-refractivity contribution >= 4 is 34.8 Å². The van der Waals surface area contributed by atoms with Crippen molar-refractivity contribution in [3.05, 3.63) is 53.6 Å². The van der Waals surface area contributed by atoms with Crippen LogP contribution in [-0.2, 0) is 53.7 Å². The summed E-state index contributed by atoms with van der Waals surface area (Å²) in [6.07, 6.45) is -16.2. The zero-order valence-electron chi connectivity index (χ0n) is 46.3. The average Bonchev–Trinajstić information content (AvgIpc) is 3.82. The van der Waals surface area contributed by atoms with Gasteiger partial charge in [0.1, 0.15) is 35.0 Å². The number of hydrogen-bond donors (Lipinski definition) is 6. The first-order chi connectivity index (χ1) is 35.9. The van der Waals surface area contributed by atoms with E-state index < -0.39 is 125 Å². The van der Waals surface area contributed by atoms with Crippen molar-refractivity contribution in [2.24, 2.45) is 23.7 Å². The molecule has 0 aliphatic carbocycles. The van der Waals surface area contributed by atoms with Crippen LogP contribution >= 0.6 is 0 Å². The third-order valence-electron chi connectivity index (χ3n) is 16.0. The SMILES string of the molecule is CC[C@H]1OC(=O)[C@H](C)[C@@H](O[C@H]2C[C@@](C)(OC)[C@@H](OC(=O)NNC(=O)c3ccc4nc(-c5ccc(C(F)(F)F)cc5)[nH]c4c3)[C@H](C)O2)[C@H](C)[C@@H](O[C@@H]2O[C@H](C)C[C@H](N(C)C)[C@H]2O)[C@@](C)(OC)C[C@@H](C)C(=O)[C@H](C)[C@@H](O)[C@]1(C)O. The number of aliphatic hydroxyl groups excluding tert-OH is 2. The number of Topliss-reactive ketones (excluding diaryl/α,β-unsaturated/α-hetero) is 1. The van der Waals surface area contributed by atoms with Crippen molar-refractivity contribution in [1.29, 1.82) is 0 Å². The lowest BCUT2D eigenvalue weighted by atomic mass is 9.74. The molecule has 3 aliphatic rings. The number of ketones is 1. The molecule has 3 aliphatic heterocycles. The van der Waals surface area contributed by atoms with Crippen molar-refractivity contribution in [3.63, 3.8) is 0 Å². The second-order valence-corrected chi connectivity index (χ2v) is 22.0. The molecule has 0 spiro atoms. The highest BCUT2D eigenvalue weighted by molar-refractivity contribution is 5.98. The van der Waals surface area contributed by atoms with Gasteiger partial charge in [0.15, 0.2) is 18.7 Å². The Balaban J connectivity index is 1.24. The number of carbonyl (C=O) groups excluding carboxylic acids is 4. The van der Waals surface area contributed by atoms with Crippen LogP contribution in [0.15, 0.2) is 42.5 Å². The Morgan fingerprint density at radius 2 is 1.52 bits per heavy atom. The lowest BCUT2D eigenvalue weighted by Crippen LogP contribution is -2.62. The minimum absolute atomic E-state index is 0.0179. The number of carbonyl (C=O) groups is 4. The number of hydrogen-bond acceptors (Lipinski definition) is 17. The number of benzene rings is 2. The predicted molar refractivity (Wildman–Crippen MR) is 272 cm³/mol. The van der Waals surface area contributed by atoms with Crippen LogP contribution in [0.4, 0.5) is 18.0 Å². The number of halogens is 3. The Hall–Kier alpha value is -4.82. The van der Waals surface area contributed by atoms with E-state index in [0.29, 0.717) is 23.0 Å². The van der Waals surface area contributed by atoms with E-state index in [9.17, 15) is 47.7 Å². The van der Waals surface area contributed by atoms with E-state index in [1.165, 1.54) is 58.4 Å². The number of nitrogens with zero attached hydrogens (tertiary/aromatic N) is 2. The highest BCUT2D eigenvalue weighted by Crippen LogP contribution is 2.43. The number of fused-ring (bicyclic) bond motifs is 1.